The number of benzene rings is 2. The van der Waals surface area contributed by atoms with Crippen LogP contribution < -0.4 is 5.32 Å². The number of aromatic amines is 1. The zero-order valence-electron chi connectivity index (χ0n) is 17.9. The third kappa shape index (κ3) is 7.06. The summed E-state index contributed by atoms with van der Waals surface area (Å²) < 4.78 is 0. The number of hydrogen-bond acceptors (Lipinski definition) is 4. The third-order valence-corrected chi connectivity index (χ3v) is 5.46. The van der Waals surface area contributed by atoms with Crippen LogP contribution in [-0.4, -0.2) is 44.7 Å². The second-order valence-electron chi connectivity index (χ2n) is 7.92. The summed E-state index contributed by atoms with van der Waals surface area (Å²) in [4.78, 5) is 30.9. The zero-order chi connectivity index (χ0) is 22.8. The molecule has 2 atom stereocenters. The van der Waals surface area contributed by atoms with Crippen LogP contribution >= 0.6 is 0 Å². The van der Waals surface area contributed by atoms with Crippen molar-refractivity contribution in [1.82, 2.24) is 15.3 Å². The van der Waals surface area contributed by atoms with Gasteiger partial charge in [-0.15, -0.1) is 0 Å². The van der Waals surface area contributed by atoms with Crippen molar-refractivity contribution in [1.29, 1.82) is 0 Å². The number of aromatic nitrogens is 2. The minimum Gasteiger partial charge on any atom is -0.481 e. The van der Waals surface area contributed by atoms with Crippen molar-refractivity contribution in [2.45, 2.75) is 38.1 Å². The molecule has 3 aromatic rings. The molecule has 2 aromatic carbocycles. The number of imidazole rings is 1. The van der Waals surface area contributed by atoms with E-state index in [0.717, 1.165) is 28.8 Å². The Morgan fingerprint density at radius 1 is 1.03 bits per heavy atom. The van der Waals surface area contributed by atoms with Crippen LogP contribution in [0.1, 0.15) is 30.5 Å². The van der Waals surface area contributed by atoms with Crippen LogP contribution in [0, 0.1) is 5.92 Å². The molecule has 168 valence electrons. The van der Waals surface area contributed by atoms with Gasteiger partial charge < -0.3 is 20.5 Å². The maximum absolute atomic E-state index is 12.7. The summed E-state index contributed by atoms with van der Waals surface area (Å²) in [6.45, 7) is -0.238. The Bertz CT molecular complexity index is 972. The topological polar surface area (TPSA) is 115 Å². The van der Waals surface area contributed by atoms with Gasteiger partial charge in [0, 0.05) is 24.2 Å². The molecule has 1 aromatic heterocycles. The highest BCUT2D eigenvalue weighted by molar-refractivity contribution is 5.83. The Labute approximate surface area is 187 Å². The summed E-state index contributed by atoms with van der Waals surface area (Å²) in [5.41, 5.74) is 4.24. The molecule has 7 nitrogen and oxygen atoms in total. The number of aliphatic carboxylic acids is 1. The van der Waals surface area contributed by atoms with E-state index >= 15 is 0 Å². The summed E-state index contributed by atoms with van der Waals surface area (Å²) >= 11 is 0. The summed E-state index contributed by atoms with van der Waals surface area (Å²) in [5.74, 6) is -2.00. The molecule has 0 radical (unpaired) electrons. The lowest BCUT2D eigenvalue weighted by Crippen LogP contribution is -2.43. The summed E-state index contributed by atoms with van der Waals surface area (Å²) in [7, 11) is 0. The molecule has 0 saturated heterocycles. The first-order valence-electron chi connectivity index (χ1n) is 10.8. The van der Waals surface area contributed by atoms with Gasteiger partial charge in [-0.25, -0.2) is 4.98 Å². The first-order chi connectivity index (χ1) is 15.5. The predicted molar refractivity (Wildman–Crippen MR) is 122 cm³/mol. The van der Waals surface area contributed by atoms with Gasteiger partial charge in [-0.1, -0.05) is 54.6 Å². The molecule has 0 aliphatic carbocycles. The highest BCUT2D eigenvalue weighted by atomic mass is 16.4. The molecule has 0 fully saturated rings. The molecular formula is C25H29N3O4. The van der Waals surface area contributed by atoms with Crippen molar-refractivity contribution in [3.8, 4) is 11.1 Å². The fraction of sp³-hybridized carbons (Fsp3) is 0.320. The third-order valence-electron chi connectivity index (χ3n) is 5.46. The lowest BCUT2D eigenvalue weighted by atomic mass is 9.94. The van der Waals surface area contributed by atoms with Crippen LogP contribution in [0.5, 0.6) is 0 Å². The molecule has 0 spiro atoms. The molecule has 32 heavy (non-hydrogen) atoms. The van der Waals surface area contributed by atoms with Gasteiger partial charge >= 0.3 is 5.97 Å². The quantitative estimate of drug-likeness (QED) is 0.349. The lowest BCUT2D eigenvalue weighted by Gasteiger charge is -2.20. The second kappa shape index (κ2) is 11.8. The molecule has 7 heteroatoms. The molecule has 1 heterocycles. The molecular weight excluding hydrogens is 406 g/mol. The van der Waals surface area contributed by atoms with Gasteiger partial charge in [0.2, 0.25) is 5.91 Å². The van der Waals surface area contributed by atoms with Crippen molar-refractivity contribution >= 4 is 11.9 Å². The minimum atomic E-state index is -1.01. The van der Waals surface area contributed by atoms with E-state index in [4.69, 9.17) is 0 Å². The van der Waals surface area contributed by atoms with Gasteiger partial charge in [0.1, 0.15) is 0 Å². The number of hydrogen-bond donors (Lipinski definition) is 4. The van der Waals surface area contributed by atoms with E-state index in [2.05, 4.69) is 51.7 Å². The van der Waals surface area contributed by atoms with E-state index in [0.29, 0.717) is 19.3 Å². The average molecular weight is 436 g/mol. The van der Waals surface area contributed by atoms with Crippen LogP contribution in [0.25, 0.3) is 11.1 Å². The number of carboxylic acid groups (broad SMARTS) is 1. The van der Waals surface area contributed by atoms with E-state index in [1.54, 1.807) is 6.20 Å². The summed E-state index contributed by atoms with van der Waals surface area (Å²) in [6, 6.07) is 17.9. The smallest absolute Gasteiger partial charge is 0.304 e. The summed E-state index contributed by atoms with van der Waals surface area (Å²) in [6.07, 6.45) is 5.24. The molecule has 3 rings (SSSR count). The van der Waals surface area contributed by atoms with Gasteiger partial charge in [0.15, 0.2) is 0 Å². The average Bonchev–Trinajstić information content (AvgIpc) is 3.32. The second-order valence-corrected chi connectivity index (χ2v) is 7.92. The molecule has 0 aliphatic heterocycles. The van der Waals surface area contributed by atoms with Crippen molar-refractivity contribution in [3.63, 3.8) is 0 Å². The number of nitrogens with zero attached hydrogens (tertiary/aromatic N) is 1. The van der Waals surface area contributed by atoms with E-state index in [1.807, 2.05) is 18.2 Å². The fourth-order valence-corrected chi connectivity index (χ4v) is 3.73. The number of aliphatic hydroxyl groups excluding tert-OH is 1. The number of rotatable bonds is 12. The number of amides is 1. The Morgan fingerprint density at radius 2 is 1.75 bits per heavy atom. The number of aryl methyl sites for hydroxylation is 1. The van der Waals surface area contributed by atoms with Crippen LogP contribution in [-0.2, 0) is 22.4 Å². The van der Waals surface area contributed by atoms with Gasteiger partial charge in [-0.3, -0.25) is 9.59 Å². The van der Waals surface area contributed by atoms with E-state index in [1.165, 1.54) is 6.33 Å². The first kappa shape index (κ1) is 23.2. The molecule has 0 unspecified atom stereocenters. The molecule has 0 aliphatic rings. The Balaban J connectivity index is 1.53. The molecule has 0 bridgehead atoms. The molecule has 4 N–H and O–H groups in total. The Kier molecular flexibility index (Phi) is 8.57. The first-order valence-corrected chi connectivity index (χ1v) is 10.8. The van der Waals surface area contributed by atoms with Gasteiger partial charge in [-0.05, 0) is 36.0 Å². The van der Waals surface area contributed by atoms with E-state index < -0.39 is 17.9 Å². The van der Waals surface area contributed by atoms with E-state index in [9.17, 15) is 19.8 Å². The van der Waals surface area contributed by atoms with Gasteiger partial charge in [0.05, 0.1) is 25.4 Å². The number of nitrogens with one attached hydrogen (secondary N) is 2. The summed E-state index contributed by atoms with van der Waals surface area (Å²) in [5, 5.41) is 21.6. The Morgan fingerprint density at radius 3 is 2.38 bits per heavy atom. The van der Waals surface area contributed by atoms with Crippen LogP contribution in [0.3, 0.4) is 0 Å². The van der Waals surface area contributed by atoms with Crippen LogP contribution in [0.2, 0.25) is 0 Å². The van der Waals surface area contributed by atoms with Crippen molar-refractivity contribution in [2.24, 2.45) is 5.92 Å². The van der Waals surface area contributed by atoms with Crippen LogP contribution in [0.15, 0.2) is 67.1 Å². The largest absolute Gasteiger partial charge is 0.481 e. The number of carbonyl (C=O) groups is 2. The zero-order valence-corrected chi connectivity index (χ0v) is 17.9. The molecule has 0 saturated carbocycles. The number of carbonyl (C=O) groups excluding carboxylic acids is 1. The SMILES string of the molecule is O=C(O)C[C@@H](CCCc1ccc(-c2ccccc2)cc1)C(=O)N[C@@H](CO)Cc1cnc[nH]1. The van der Waals surface area contributed by atoms with Gasteiger partial charge in [0.25, 0.3) is 0 Å². The van der Waals surface area contributed by atoms with Crippen molar-refractivity contribution in [2.75, 3.05) is 6.61 Å². The van der Waals surface area contributed by atoms with Crippen LogP contribution in [0.4, 0.5) is 0 Å². The van der Waals surface area contributed by atoms with Crippen molar-refractivity contribution in [3.05, 3.63) is 78.4 Å². The number of H-pyrrole nitrogens is 1. The highest BCUT2D eigenvalue weighted by Crippen LogP contribution is 2.21. The van der Waals surface area contributed by atoms with E-state index in [-0.39, 0.29) is 18.9 Å². The normalized spacial score (nSPS) is 12.8. The monoisotopic (exact) mass is 435 g/mol. The maximum atomic E-state index is 12.7. The highest BCUT2D eigenvalue weighted by Gasteiger charge is 2.24. The van der Waals surface area contributed by atoms with Crippen molar-refractivity contribution < 1.29 is 19.8 Å². The Hall–Kier alpha value is -3.45. The standard InChI is InChI=1S/C25H29N3O4/c29-16-23(14-22-15-26-17-27-22)28-25(32)21(13-24(30)31)8-4-5-18-9-11-20(12-10-18)19-6-2-1-3-7-19/h1-3,6-7,9-12,15,17,21,23,29H,4-5,8,13-14,16H2,(H,26,27)(H,28,32)(H,30,31)/t21-,23-/m1/s1. The minimum absolute atomic E-state index is 0.235. The predicted octanol–water partition coefficient (Wildman–Crippen LogP) is 3.21. The number of aliphatic hydroxyl groups is 1. The molecule has 1 amide bonds. The lowest BCUT2D eigenvalue weighted by molar-refractivity contribution is -0.141. The van der Waals surface area contributed by atoms with Gasteiger partial charge in [-0.2, -0.15) is 0 Å². The fourth-order valence-electron chi connectivity index (χ4n) is 3.73. The number of carboxylic acids is 1. The maximum Gasteiger partial charge on any atom is 0.304 e.